The Labute approximate surface area is 214 Å². The minimum atomic E-state index is -0.295. The van der Waals surface area contributed by atoms with Crippen molar-refractivity contribution in [2.45, 2.75) is 19.9 Å². The fraction of sp³-hybridized carbons (Fsp3) is 0.296. The fourth-order valence-corrected chi connectivity index (χ4v) is 5.17. The molecule has 3 heterocycles. The summed E-state index contributed by atoms with van der Waals surface area (Å²) < 4.78 is 15.5. The van der Waals surface area contributed by atoms with E-state index in [0.717, 1.165) is 59.4 Å². The maximum absolute atomic E-state index is 13.5. The van der Waals surface area contributed by atoms with E-state index in [4.69, 9.17) is 0 Å². The lowest BCUT2D eigenvalue weighted by atomic mass is 10.1. The third-order valence-corrected chi connectivity index (χ3v) is 7.40. The lowest BCUT2D eigenvalue weighted by Crippen LogP contribution is -2.44. The zero-order valence-corrected chi connectivity index (χ0v) is 21.4. The number of amides is 1. The summed E-state index contributed by atoms with van der Waals surface area (Å²) in [6.07, 6.45) is 3.49. The van der Waals surface area contributed by atoms with Gasteiger partial charge >= 0.3 is 0 Å². The first-order chi connectivity index (χ1) is 17.4. The number of aromatic nitrogens is 3. The largest absolute Gasteiger partial charge is 0.369 e. The molecule has 2 aromatic heterocycles. The number of nitrogens with one attached hydrogen (secondary N) is 1. The number of carbonyl (C=O) groups is 1. The van der Waals surface area contributed by atoms with Crippen LogP contribution in [0.3, 0.4) is 0 Å². The molecule has 1 amide bonds. The Morgan fingerprint density at radius 2 is 1.69 bits per heavy atom. The molecule has 0 saturated carbocycles. The zero-order chi connectivity index (χ0) is 25.2. The molecule has 2 aromatic carbocycles. The third-order valence-electron chi connectivity index (χ3n) is 6.39. The number of halogens is 1. The Morgan fingerprint density at radius 1 is 1.00 bits per heavy atom. The highest BCUT2D eigenvalue weighted by Gasteiger charge is 2.21. The van der Waals surface area contributed by atoms with E-state index < -0.39 is 0 Å². The summed E-state index contributed by atoms with van der Waals surface area (Å²) in [4.78, 5) is 27.5. The Balaban J connectivity index is 1.34. The molecule has 1 aliphatic rings. The Kier molecular flexibility index (Phi) is 6.84. The maximum Gasteiger partial charge on any atom is 0.284 e. The van der Waals surface area contributed by atoms with E-state index in [1.54, 1.807) is 24.7 Å². The van der Waals surface area contributed by atoms with Gasteiger partial charge in [0.05, 0.1) is 22.6 Å². The lowest BCUT2D eigenvalue weighted by molar-refractivity contribution is 0.102. The van der Waals surface area contributed by atoms with Crippen LogP contribution in [0.1, 0.15) is 29.7 Å². The van der Waals surface area contributed by atoms with Gasteiger partial charge < -0.3 is 19.7 Å². The van der Waals surface area contributed by atoms with Crippen molar-refractivity contribution in [3.8, 4) is 21.8 Å². The molecule has 0 unspecified atom stereocenters. The molecule has 1 N–H and O–H groups in total. The van der Waals surface area contributed by atoms with Crippen LogP contribution in [0.4, 0.5) is 15.8 Å². The van der Waals surface area contributed by atoms with Crippen molar-refractivity contribution in [1.82, 2.24) is 19.4 Å². The van der Waals surface area contributed by atoms with Crippen LogP contribution in [0.25, 0.3) is 21.8 Å². The summed E-state index contributed by atoms with van der Waals surface area (Å²) in [7, 11) is 2.14. The second-order valence-electron chi connectivity index (χ2n) is 9.27. The first-order valence-electron chi connectivity index (χ1n) is 12.0. The molecule has 1 saturated heterocycles. The van der Waals surface area contributed by atoms with Crippen LogP contribution in [0.15, 0.2) is 61.1 Å². The van der Waals surface area contributed by atoms with Crippen molar-refractivity contribution in [1.29, 1.82) is 0 Å². The second-order valence-corrected chi connectivity index (χ2v) is 10.3. The summed E-state index contributed by atoms with van der Waals surface area (Å²) in [5.74, 6) is -0.547. The van der Waals surface area contributed by atoms with Gasteiger partial charge in [0.15, 0.2) is 5.01 Å². The van der Waals surface area contributed by atoms with Crippen molar-refractivity contribution in [2.75, 3.05) is 43.4 Å². The van der Waals surface area contributed by atoms with E-state index in [9.17, 15) is 9.18 Å². The van der Waals surface area contributed by atoms with E-state index in [0.29, 0.717) is 5.01 Å². The monoisotopic (exact) mass is 504 g/mol. The molecule has 0 radical (unpaired) electrons. The number of carbonyl (C=O) groups excluding carboxylic acids is 1. The van der Waals surface area contributed by atoms with Gasteiger partial charge in [-0.1, -0.05) is 0 Å². The average molecular weight is 505 g/mol. The minimum Gasteiger partial charge on any atom is -0.369 e. The molecule has 36 heavy (non-hydrogen) atoms. The number of likely N-dealkylation sites (N-methyl/N-ethyl adjacent to an activating group) is 1. The third kappa shape index (κ3) is 5.03. The van der Waals surface area contributed by atoms with Crippen LogP contribution >= 0.6 is 11.3 Å². The topological polar surface area (TPSA) is 66.3 Å². The lowest BCUT2D eigenvalue weighted by Gasteiger charge is -2.34. The van der Waals surface area contributed by atoms with Crippen LogP contribution in [-0.2, 0) is 0 Å². The molecule has 9 heteroatoms. The van der Waals surface area contributed by atoms with E-state index in [1.807, 2.05) is 28.8 Å². The number of rotatable bonds is 6. The van der Waals surface area contributed by atoms with Gasteiger partial charge in [0.25, 0.3) is 5.91 Å². The molecule has 0 aliphatic carbocycles. The molecule has 1 fully saturated rings. The fourth-order valence-electron chi connectivity index (χ4n) is 4.31. The molecular weight excluding hydrogens is 475 g/mol. The van der Waals surface area contributed by atoms with Crippen LogP contribution in [0, 0.1) is 5.82 Å². The van der Waals surface area contributed by atoms with Gasteiger partial charge in [-0.3, -0.25) is 4.79 Å². The number of hydrogen-bond acceptors (Lipinski definition) is 6. The summed E-state index contributed by atoms with van der Waals surface area (Å²) in [6, 6.07) is 14.4. The van der Waals surface area contributed by atoms with Crippen molar-refractivity contribution >= 4 is 28.6 Å². The van der Waals surface area contributed by atoms with Gasteiger partial charge in [-0.15, -0.1) is 11.3 Å². The smallest absolute Gasteiger partial charge is 0.284 e. The summed E-state index contributed by atoms with van der Waals surface area (Å²) in [5.41, 5.74) is 4.30. The Morgan fingerprint density at radius 3 is 2.36 bits per heavy atom. The number of nitrogens with zero attached hydrogens (tertiary/aromatic N) is 5. The van der Waals surface area contributed by atoms with Gasteiger partial charge in [-0.05, 0) is 69.4 Å². The van der Waals surface area contributed by atoms with Crippen LogP contribution in [-0.4, -0.2) is 58.6 Å². The molecule has 0 bridgehead atoms. The van der Waals surface area contributed by atoms with Gasteiger partial charge in [0, 0.05) is 55.4 Å². The highest BCUT2D eigenvalue weighted by atomic mass is 32.1. The predicted octanol–water partition coefficient (Wildman–Crippen LogP) is 5.40. The number of thiazole rings is 1. The standard InChI is InChI=1S/C27H29FN6OS/c1-18(2)34-17-30-24(19-4-6-20(28)7-5-19)25(34)23-16-29-27(36-23)26(35)31-21-8-10-22(11-9-21)33-14-12-32(3)13-15-33/h4-11,16-18H,12-15H2,1-3H3,(H,31,35). The number of anilines is 2. The van der Waals surface area contributed by atoms with Crippen LogP contribution in [0.2, 0.25) is 0 Å². The zero-order valence-electron chi connectivity index (χ0n) is 20.6. The number of imidazole rings is 1. The molecular formula is C27H29FN6OS. The average Bonchev–Trinajstić information content (AvgIpc) is 3.53. The maximum atomic E-state index is 13.5. The van der Waals surface area contributed by atoms with Gasteiger partial charge in [0.1, 0.15) is 5.82 Å². The minimum absolute atomic E-state index is 0.153. The van der Waals surface area contributed by atoms with Crippen molar-refractivity contribution in [3.63, 3.8) is 0 Å². The number of piperazine rings is 1. The SMILES string of the molecule is CC(C)n1cnc(-c2ccc(F)cc2)c1-c1cnc(C(=O)Nc2ccc(N3CCN(C)CC3)cc2)s1. The second kappa shape index (κ2) is 10.2. The van der Waals surface area contributed by atoms with Gasteiger partial charge in [-0.25, -0.2) is 14.4 Å². The molecule has 7 nitrogen and oxygen atoms in total. The Bertz CT molecular complexity index is 1340. The summed E-state index contributed by atoms with van der Waals surface area (Å²) in [5, 5.41) is 3.33. The molecule has 5 rings (SSSR count). The summed E-state index contributed by atoms with van der Waals surface area (Å²) >= 11 is 1.32. The van der Waals surface area contributed by atoms with E-state index >= 15 is 0 Å². The highest BCUT2D eigenvalue weighted by Crippen LogP contribution is 2.36. The molecule has 186 valence electrons. The van der Waals surface area contributed by atoms with E-state index in [1.165, 1.54) is 23.5 Å². The quantitative estimate of drug-likeness (QED) is 0.381. The summed E-state index contributed by atoms with van der Waals surface area (Å²) in [6.45, 7) is 8.22. The molecule has 1 aliphatic heterocycles. The number of benzene rings is 2. The van der Waals surface area contributed by atoms with Crippen molar-refractivity contribution in [3.05, 3.63) is 71.9 Å². The van der Waals surface area contributed by atoms with Crippen LogP contribution in [0.5, 0.6) is 0 Å². The van der Waals surface area contributed by atoms with Crippen molar-refractivity contribution in [2.24, 2.45) is 0 Å². The first kappa shape index (κ1) is 24.1. The molecule has 0 spiro atoms. The molecule has 0 atom stereocenters. The van der Waals surface area contributed by atoms with Crippen molar-refractivity contribution < 1.29 is 9.18 Å². The van der Waals surface area contributed by atoms with E-state index in [2.05, 4.69) is 46.0 Å². The molecule has 4 aromatic rings. The van der Waals surface area contributed by atoms with E-state index in [-0.39, 0.29) is 17.8 Å². The highest BCUT2D eigenvalue weighted by molar-refractivity contribution is 7.17. The normalized spacial score (nSPS) is 14.4. The first-order valence-corrected chi connectivity index (χ1v) is 12.8. The predicted molar refractivity (Wildman–Crippen MR) is 143 cm³/mol. The van der Waals surface area contributed by atoms with Crippen LogP contribution < -0.4 is 10.2 Å². The van der Waals surface area contributed by atoms with Gasteiger partial charge in [0.2, 0.25) is 0 Å². The number of hydrogen-bond donors (Lipinski definition) is 1. The van der Waals surface area contributed by atoms with Gasteiger partial charge in [-0.2, -0.15) is 0 Å². The Hall–Kier alpha value is -3.56.